The molecule has 0 aromatic carbocycles. The minimum atomic E-state index is 0.0556. The van der Waals surface area contributed by atoms with Crippen molar-refractivity contribution in [3.05, 3.63) is 12.4 Å². The Kier molecular flexibility index (Phi) is 1.39. The summed E-state index contributed by atoms with van der Waals surface area (Å²) in [6.07, 6.45) is 3.72. The summed E-state index contributed by atoms with van der Waals surface area (Å²) in [7, 11) is 0. The summed E-state index contributed by atoms with van der Waals surface area (Å²) in [5, 5.41) is 6.03. The van der Waals surface area contributed by atoms with Crippen LogP contribution in [0, 0.1) is 0 Å². The van der Waals surface area contributed by atoms with Crippen molar-refractivity contribution in [2.24, 2.45) is 5.73 Å². The second-order valence-corrected chi connectivity index (χ2v) is 1.98. The van der Waals surface area contributed by atoms with E-state index in [0.29, 0.717) is 6.04 Å². The fraction of sp³-hybridized carbons (Fsp3) is 0.600. The average molecular weight is 113 g/mol. The summed E-state index contributed by atoms with van der Waals surface area (Å²) < 4.78 is 0. The Morgan fingerprint density at radius 1 is 1.38 bits per heavy atom. The van der Waals surface area contributed by atoms with E-state index in [-0.39, 0.29) is 6.17 Å². The van der Waals surface area contributed by atoms with Gasteiger partial charge in [-0.25, -0.2) is 0 Å². The molecule has 1 aliphatic rings. The normalized spacial score (nSPS) is 35.8. The van der Waals surface area contributed by atoms with Crippen LogP contribution in [0.15, 0.2) is 12.4 Å². The Morgan fingerprint density at radius 2 is 2.00 bits per heavy atom. The van der Waals surface area contributed by atoms with Crippen molar-refractivity contribution in [1.82, 2.24) is 10.6 Å². The number of hydrogen-bond acceptors (Lipinski definition) is 3. The Balaban J connectivity index is 2.44. The van der Waals surface area contributed by atoms with Crippen molar-refractivity contribution in [3.8, 4) is 0 Å². The molecule has 0 aromatic rings. The first kappa shape index (κ1) is 5.44. The molecule has 4 N–H and O–H groups in total. The lowest BCUT2D eigenvalue weighted by Crippen LogP contribution is -2.51. The van der Waals surface area contributed by atoms with Gasteiger partial charge >= 0.3 is 0 Å². The zero-order valence-electron chi connectivity index (χ0n) is 4.89. The van der Waals surface area contributed by atoms with Crippen molar-refractivity contribution < 1.29 is 0 Å². The zero-order chi connectivity index (χ0) is 5.98. The van der Waals surface area contributed by atoms with Gasteiger partial charge in [-0.05, 0) is 6.92 Å². The highest BCUT2D eigenvalue weighted by Crippen LogP contribution is 1.89. The van der Waals surface area contributed by atoms with E-state index >= 15 is 0 Å². The van der Waals surface area contributed by atoms with Gasteiger partial charge in [-0.3, -0.25) is 0 Å². The molecule has 0 amide bonds. The molecule has 2 atom stereocenters. The van der Waals surface area contributed by atoms with Crippen LogP contribution >= 0.6 is 0 Å². The van der Waals surface area contributed by atoms with Gasteiger partial charge in [-0.15, -0.1) is 0 Å². The Hall–Kier alpha value is -0.700. The van der Waals surface area contributed by atoms with Crippen LogP contribution in [-0.4, -0.2) is 12.2 Å². The topological polar surface area (TPSA) is 50.1 Å². The molecule has 3 nitrogen and oxygen atoms in total. The van der Waals surface area contributed by atoms with E-state index in [1.54, 1.807) is 0 Å². The molecular formula is C5H11N3. The predicted octanol–water partition coefficient (Wildman–Crippen LogP) is -0.676. The van der Waals surface area contributed by atoms with Crippen molar-refractivity contribution in [2.75, 3.05) is 0 Å². The van der Waals surface area contributed by atoms with Gasteiger partial charge in [-0.2, -0.15) is 0 Å². The third-order valence-electron chi connectivity index (χ3n) is 1.27. The molecule has 0 bridgehead atoms. The first-order valence-corrected chi connectivity index (χ1v) is 2.73. The van der Waals surface area contributed by atoms with E-state index in [4.69, 9.17) is 5.73 Å². The summed E-state index contributed by atoms with van der Waals surface area (Å²) >= 11 is 0. The average Bonchev–Trinajstić information content (AvgIpc) is 1.77. The van der Waals surface area contributed by atoms with Gasteiger partial charge in [0.25, 0.3) is 0 Å². The molecule has 0 saturated carbocycles. The molecule has 2 unspecified atom stereocenters. The fourth-order valence-electron chi connectivity index (χ4n) is 0.607. The summed E-state index contributed by atoms with van der Waals surface area (Å²) in [4.78, 5) is 0. The van der Waals surface area contributed by atoms with Gasteiger partial charge in [-0.1, -0.05) is 0 Å². The fourth-order valence-corrected chi connectivity index (χ4v) is 0.607. The van der Waals surface area contributed by atoms with Gasteiger partial charge < -0.3 is 16.4 Å². The highest BCUT2D eigenvalue weighted by atomic mass is 15.1. The lowest BCUT2D eigenvalue weighted by molar-refractivity contribution is 0.447. The third kappa shape index (κ3) is 0.924. The van der Waals surface area contributed by atoms with Crippen LogP contribution in [-0.2, 0) is 0 Å². The van der Waals surface area contributed by atoms with Crippen molar-refractivity contribution in [3.63, 3.8) is 0 Å². The molecule has 0 aromatic heterocycles. The lowest BCUT2D eigenvalue weighted by Gasteiger charge is -2.24. The highest BCUT2D eigenvalue weighted by molar-refractivity contribution is 4.91. The van der Waals surface area contributed by atoms with E-state index in [1.807, 2.05) is 19.3 Å². The largest absolute Gasteiger partial charge is 0.384 e. The quantitative estimate of drug-likeness (QED) is 0.390. The molecule has 1 aliphatic heterocycles. The minimum Gasteiger partial charge on any atom is -0.384 e. The summed E-state index contributed by atoms with van der Waals surface area (Å²) in [5.41, 5.74) is 5.55. The van der Waals surface area contributed by atoms with Gasteiger partial charge in [0.05, 0.1) is 12.2 Å². The summed E-state index contributed by atoms with van der Waals surface area (Å²) in [6, 6.07) is 0.333. The molecular weight excluding hydrogens is 102 g/mol. The number of hydrogen-bond donors (Lipinski definition) is 3. The second kappa shape index (κ2) is 2.05. The van der Waals surface area contributed by atoms with Gasteiger partial charge in [0.1, 0.15) is 0 Å². The molecule has 1 rings (SSSR count). The van der Waals surface area contributed by atoms with Crippen molar-refractivity contribution >= 4 is 0 Å². The SMILES string of the molecule is CC1NC=CNC1N. The Morgan fingerprint density at radius 3 is 2.38 bits per heavy atom. The van der Waals surface area contributed by atoms with E-state index in [2.05, 4.69) is 10.6 Å². The molecule has 0 aliphatic carbocycles. The van der Waals surface area contributed by atoms with Crippen LogP contribution in [0.4, 0.5) is 0 Å². The van der Waals surface area contributed by atoms with E-state index < -0.39 is 0 Å². The monoisotopic (exact) mass is 113 g/mol. The Labute approximate surface area is 48.9 Å². The van der Waals surface area contributed by atoms with Crippen LogP contribution in [0.5, 0.6) is 0 Å². The van der Waals surface area contributed by atoms with Gasteiger partial charge in [0.15, 0.2) is 0 Å². The van der Waals surface area contributed by atoms with Crippen LogP contribution in [0.2, 0.25) is 0 Å². The smallest absolute Gasteiger partial charge is 0.0942 e. The molecule has 0 fully saturated rings. The maximum Gasteiger partial charge on any atom is 0.0942 e. The number of nitrogens with two attached hydrogens (primary N) is 1. The second-order valence-electron chi connectivity index (χ2n) is 1.98. The van der Waals surface area contributed by atoms with Crippen molar-refractivity contribution in [2.45, 2.75) is 19.1 Å². The van der Waals surface area contributed by atoms with Gasteiger partial charge in [0.2, 0.25) is 0 Å². The Bertz CT molecular complexity index is 87.8. The summed E-state index contributed by atoms with van der Waals surface area (Å²) in [6.45, 7) is 2.03. The molecule has 0 radical (unpaired) electrons. The molecule has 46 valence electrons. The molecule has 0 saturated heterocycles. The first-order valence-electron chi connectivity index (χ1n) is 2.73. The standard InChI is InChI=1S/C5H11N3/c1-4-5(6)8-3-2-7-4/h2-5,7-8H,6H2,1H3. The molecule has 3 heteroatoms. The first-order chi connectivity index (χ1) is 3.80. The van der Waals surface area contributed by atoms with E-state index in [0.717, 1.165) is 0 Å². The minimum absolute atomic E-state index is 0.0556. The highest BCUT2D eigenvalue weighted by Gasteiger charge is 2.10. The number of rotatable bonds is 0. The van der Waals surface area contributed by atoms with Crippen LogP contribution in [0.1, 0.15) is 6.92 Å². The van der Waals surface area contributed by atoms with Gasteiger partial charge in [0, 0.05) is 12.4 Å². The van der Waals surface area contributed by atoms with Crippen LogP contribution in [0.3, 0.4) is 0 Å². The van der Waals surface area contributed by atoms with E-state index in [9.17, 15) is 0 Å². The summed E-state index contributed by atoms with van der Waals surface area (Å²) in [5.74, 6) is 0. The van der Waals surface area contributed by atoms with Crippen LogP contribution in [0.25, 0.3) is 0 Å². The zero-order valence-corrected chi connectivity index (χ0v) is 4.89. The molecule has 8 heavy (non-hydrogen) atoms. The molecule has 0 spiro atoms. The van der Waals surface area contributed by atoms with Crippen molar-refractivity contribution in [1.29, 1.82) is 0 Å². The maximum absolute atomic E-state index is 5.55. The third-order valence-corrected chi connectivity index (χ3v) is 1.27. The van der Waals surface area contributed by atoms with Crippen LogP contribution < -0.4 is 16.4 Å². The molecule has 1 heterocycles. The predicted molar refractivity (Wildman–Crippen MR) is 32.8 cm³/mol. The van der Waals surface area contributed by atoms with E-state index in [1.165, 1.54) is 0 Å². The number of nitrogens with one attached hydrogen (secondary N) is 2. The maximum atomic E-state index is 5.55. The lowest BCUT2D eigenvalue weighted by atomic mass is 10.2.